The molecule has 5 heteroatoms. The third-order valence-electron chi connectivity index (χ3n) is 3.34. The first-order chi connectivity index (χ1) is 8.56. The van der Waals surface area contributed by atoms with Crippen molar-refractivity contribution in [3.8, 4) is 0 Å². The second kappa shape index (κ2) is 5.27. The van der Waals surface area contributed by atoms with E-state index >= 15 is 0 Å². The van der Waals surface area contributed by atoms with Gasteiger partial charge in [-0.3, -0.25) is 0 Å². The third kappa shape index (κ3) is 2.92. The predicted octanol–water partition coefficient (Wildman–Crippen LogP) is 1.33. The Morgan fingerprint density at radius 2 is 2.39 bits per heavy atom. The molecule has 0 radical (unpaired) electrons. The van der Waals surface area contributed by atoms with Crippen molar-refractivity contribution < 1.29 is 9.90 Å². The molecule has 5 nitrogen and oxygen atoms in total. The maximum absolute atomic E-state index is 11.1. The van der Waals surface area contributed by atoms with Gasteiger partial charge < -0.3 is 21.1 Å². The number of nitrogens with one attached hydrogen (secondary N) is 1. The molecule has 0 aromatic heterocycles. The lowest BCUT2D eigenvalue weighted by Crippen LogP contribution is -2.20. The molecular formula is C13H19N3O2. The molecule has 2 rings (SSSR count). The summed E-state index contributed by atoms with van der Waals surface area (Å²) >= 11 is 0. The van der Waals surface area contributed by atoms with Crippen molar-refractivity contribution in [3.63, 3.8) is 0 Å². The van der Waals surface area contributed by atoms with Crippen molar-refractivity contribution in [1.29, 1.82) is 0 Å². The zero-order valence-corrected chi connectivity index (χ0v) is 10.5. The van der Waals surface area contributed by atoms with Crippen molar-refractivity contribution in [2.24, 2.45) is 5.92 Å². The Morgan fingerprint density at radius 1 is 1.61 bits per heavy atom. The van der Waals surface area contributed by atoms with E-state index < -0.39 is 5.97 Å². The molecule has 0 saturated carbocycles. The fraction of sp³-hybridized carbons (Fsp3) is 0.462. The van der Waals surface area contributed by atoms with Gasteiger partial charge in [-0.15, -0.1) is 0 Å². The number of carboxylic acid groups (broad SMARTS) is 1. The zero-order valence-electron chi connectivity index (χ0n) is 10.5. The Balaban J connectivity index is 2.02. The molecule has 1 aliphatic rings. The number of rotatable bonds is 4. The molecule has 18 heavy (non-hydrogen) atoms. The van der Waals surface area contributed by atoms with Gasteiger partial charge in [-0.1, -0.05) is 0 Å². The number of nitrogens with zero attached hydrogens (tertiary/aromatic N) is 1. The maximum atomic E-state index is 11.1. The van der Waals surface area contributed by atoms with Crippen LogP contribution in [-0.4, -0.2) is 42.7 Å². The number of nitrogens with two attached hydrogens (primary N) is 1. The second-order valence-corrected chi connectivity index (χ2v) is 4.91. The molecule has 1 aliphatic heterocycles. The van der Waals surface area contributed by atoms with Gasteiger partial charge in [0.05, 0.1) is 5.56 Å². The van der Waals surface area contributed by atoms with Gasteiger partial charge in [-0.05, 0) is 44.1 Å². The van der Waals surface area contributed by atoms with E-state index in [0.29, 0.717) is 17.3 Å². The molecule has 1 atom stereocenters. The highest BCUT2D eigenvalue weighted by molar-refractivity contribution is 5.95. The van der Waals surface area contributed by atoms with E-state index in [4.69, 9.17) is 10.8 Å². The Bertz CT molecular complexity index is 448. The maximum Gasteiger partial charge on any atom is 0.337 e. The lowest BCUT2D eigenvalue weighted by atomic mass is 10.1. The van der Waals surface area contributed by atoms with Crippen LogP contribution in [0.3, 0.4) is 0 Å². The Morgan fingerprint density at radius 3 is 3.00 bits per heavy atom. The van der Waals surface area contributed by atoms with Crippen LogP contribution in [0.4, 0.5) is 11.4 Å². The van der Waals surface area contributed by atoms with Gasteiger partial charge >= 0.3 is 5.97 Å². The molecule has 4 N–H and O–H groups in total. The van der Waals surface area contributed by atoms with Crippen LogP contribution in [0.2, 0.25) is 0 Å². The van der Waals surface area contributed by atoms with Gasteiger partial charge in [0.25, 0.3) is 0 Å². The van der Waals surface area contributed by atoms with Gasteiger partial charge in [0, 0.05) is 24.5 Å². The number of carboxylic acids is 1. The molecule has 1 unspecified atom stereocenters. The minimum atomic E-state index is -0.951. The van der Waals surface area contributed by atoms with Crippen LogP contribution < -0.4 is 11.1 Å². The smallest absolute Gasteiger partial charge is 0.337 e. The van der Waals surface area contributed by atoms with E-state index in [2.05, 4.69) is 17.3 Å². The highest BCUT2D eigenvalue weighted by atomic mass is 16.4. The minimum absolute atomic E-state index is 0.237. The number of hydrogen-bond acceptors (Lipinski definition) is 4. The largest absolute Gasteiger partial charge is 0.478 e. The fourth-order valence-corrected chi connectivity index (χ4v) is 2.34. The summed E-state index contributed by atoms with van der Waals surface area (Å²) in [7, 11) is 2.10. The van der Waals surface area contributed by atoms with Crippen LogP contribution in [0.5, 0.6) is 0 Å². The van der Waals surface area contributed by atoms with Gasteiger partial charge in [0.2, 0.25) is 0 Å². The van der Waals surface area contributed by atoms with E-state index in [0.717, 1.165) is 26.1 Å². The first-order valence-corrected chi connectivity index (χ1v) is 6.11. The van der Waals surface area contributed by atoms with Crippen molar-refractivity contribution >= 4 is 17.3 Å². The molecule has 0 spiro atoms. The van der Waals surface area contributed by atoms with Crippen LogP contribution in [0.25, 0.3) is 0 Å². The van der Waals surface area contributed by atoms with Crippen molar-refractivity contribution in [3.05, 3.63) is 23.8 Å². The second-order valence-electron chi connectivity index (χ2n) is 4.91. The number of likely N-dealkylation sites (tertiary alicyclic amines) is 1. The summed E-state index contributed by atoms with van der Waals surface area (Å²) in [6, 6.07) is 4.94. The van der Waals surface area contributed by atoms with Crippen molar-refractivity contribution in [2.45, 2.75) is 6.42 Å². The predicted molar refractivity (Wildman–Crippen MR) is 71.9 cm³/mol. The monoisotopic (exact) mass is 249 g/mol. The number of nitrogen functional groups attached to an aromatic ring is 1. The summed E-state index contributed by atoms with van der Waals surface area (Å²) < 4.78 is 0. The highest BCUT2D eigenvalue weighted by Crippen LogP contribution is 2.21. The molecule has 1 heterocycles. The van der Waals surface area contributed by atoms with Gasteiger partial charge in [0.15, 0.2) is 0 Å². The summed E-state index contributed by atoms with van der Waals surface area (Å²) in [6.45, 7) is 2.97. The standard InChI is InChI=1S/C13H19N3O2/c1-16-5-4-9(8-16)7-15-12-3-2-10(14)6-11(12)13(17)18/h2-3,6,9,15H,4-5,7-8,14H2,1H3,(H,17,18). The topological polar surface area (TPSA) is 78.6 Å². The Hall–Kier alpha value is -1.75. The molecule has 1 aromatic rings. The molecule has 1 aromatic carbocycles. The Kier molecular flexibility index (Phi) is 3.72. The van der Waals surface area contributed by atoms with E-state index in [9.17, 15) is 4.79 Å². The van der Waals surface area contributed by atoms with E-state index in [1.54, 1.807) is 12.1 Å². The van der Waals surface area contributed by atoms with Gasteiger partial charge in [-0.2, -0.15) is 0 Å². The number of carbonyl (C=O) groups is 1. The lowest BCUT2D eigenvalue weighted by molar-refractivity contribution is 0.0698. The van der Waals surface area contributed by atoms with Gasteiger partial charge in [0.1, 0.15) is 0 Å². The SMILES string of the molecule is CN1CCC(CNc2ccc(N)cc2C(=O)O)C1. The third-order valence-corrected chi connectivity index (χ3v) is 3.34. The number of hydrogen-bond donors (Lipinski definition) is 3. The van der Waals surface area contributed by atoms with E-state index in [1.165, 1.54) is 6.07 Å². The number of aromatic carboxylic acids is 1. The quantitative estimate of drug-likeness (QED) is 0.702. The first-order valence-electron chi connectivity index (χ1n) is 6.11. The molecule has 0 bridgehead atoms. The molecule has 1 fully saturated rings. The number of anilines is 2. The fourth-order valence-electron chi connectivity index (χ4n) is 2.34. The first kappa shape index (κ1) is 12.7. The molecule has 0 amide bonds. The average Bonchev–Trinajstić information content (AvgIpc) is 2.73. The summed E-state index contributed by atoms with van der Waals surface area (Å²) in [6.07, 6.45) is 1.15. The van der Waals surface area contributed by atoms with Crippen LogP contribution in [0.15, 0.2) is 18.2 Å². The lowest BCUT2D eigenvalue weighted by Gasteiger charge is -2.14. The minimum Gasteiger partial charge on any atom is -0.478 e. The molecule has 98 valence electrons. The van der Waals surface area contributed by atoms with Crippen molar-refractivity contribution in [1.82, 2.24) is 4.90 Å². The number of benzene rings is 1. The van der Waals surface area contributed by atoms with E-state index in [1.807, 2.05) is 0 Å². The van der Waals surface area contributed by atoms with Crippen LogP contribution in [0.1, 0.15) is 16.8 Å². The molecule has 1 saturated heterocycles. The zero-order chi connectivity index (χ0) is 13.1. The summed E-state index contributed by atoms with van der Waals surface area (Å²) in [5.41, 5.74) is 6.96. The van der Waals surface area contributed by atoms with Crippen LogP contribution in [-0.2, 0) is 0 Å². The average molecular weight is 249 g/mol. The van der Waals surface area contributed by atoms with Gasteiger partial charge in [-0.25, -0.2) is 4.79 Å². The molecule has 0 aliphatic carbocycles. The highest BCUT2D eigenvalue weighted by Gasteiger charge is 2.19. The molecular weight excluding hydrogens is 230 g/mol. The Labute approximate surface area is 107 Å². The van der Waals surface area contributed by atoms with Crippen LogP contribution >= 0.6 is 0 Å². The normalized spacial score (nSPS) is 19.9. The summed E-state index contributed by atoms with van der Waals surface area (Å²) in [5.74, 6) is -0.373. The summed E-state index contributed by atoms with van der Waals surface area (Å²) in [5, 5.41) is 12.3. The van der Waals surface area contributed by atoms with E-state index in [-0.39, 0.29) is 5.56 Å². The van der Waals surface area contributed by atoms with Crippen molar-refractivity contribution in [2.75, 3.05) is 37.7 Å². The van der Waals surface area contributed by atoms with Crippen LogP contribution in [0, 0.1) is 5.92 Å². The summed E-state index contributed by atoms with van der Waals surface area (Å²) in [4.78, 5) is 13.4.